The van der Waals surface area contributed by atoms with Crippen LogP contribution in [-0.4, -0.2) is 43.5 Å². The van der Waals surface area contributed by atoms with Crippen LogP contribution in [0.15, 0.2) is 65.3 Å². The van der Waals surface area contributed by atoms with Crippen molar-refractivity contribution in [2.45, 2.75) is 25.4 Å². The molecule has 1 aliphatic rings. The Labute approximate surface area is 186 Å². The lowest BCUT2D eigenvalue weighted by atomic mass is 9.93. The minimum absolute atomic E-state index is 0.193. The van der Waals surface area contributed by atoms with Crippen molar-refractivity contribution >= 4 is 11.8 Å². The van der Waals surface area contributed by atoms with Crippen LogP contribution in [0.4, 0.5) is 0 Å². The number of hydrogen-bond acceptors (Lipinski definition) is 5. The summed E-state index contributed by atoms with van der Waals surface area (Å²) in [6.07, 6.45) is 2.49. The molecule has 0 aliphatic carbocycles. The fourth-order valence-corrected chi connectivity index (χ4v) is 4.03. The molecule has 0 bridgehead atoms. The van der Waals surface area contributed by atoms with E-state index in [1.165, 1.54) is 6.26 Å². The molecule has 1 aromatic heterocycles. The van der Waals surface area contributed by atoms with Gasteiger partial charge in [0.1, 0.15) is 17.5 Å². The normalized spacial score (nSPS) is 15.1. The number of benzene rings is 2. The van der Waals surface area contributed by atoms with Crippen molar-refractivity contribution in [2.24, 2.45) is 0 Å². The molecule has 1 unspecified atom stereocenters. The Balaban J connectivity index is 1.49. The zero-order valence-corrected chi connectivity index (χ0v) is 18.2. The predicted molar refractivity (Wildman–Crippen MR) is 119 cm³/mol. The Morgan fingerprint density at radius 2 is 1.88 bits per heavy atom. The van der Waals surface area contributed by atoms with Gasteiger partial charge in [0, 0.05) is 19.5 Å². The van der Waals surface area contributed by atoms with Gasteiger partial charge in [-0.3, -0.25) is 9.59 Å². The first-order valence-electron chi connectivity index (χ1n) is 10.5. The first-order chi connectivity index (χ1) is 15.6. The summed E-state index contributed by atoms with van der Waals surface area (Å²) in [5, 5.41) is 2.99. The molecular weight excluding hydrogens is 408 g/mol. The highest BCUT2D eigenvalue weighted by atomic mass is 16.5. The van der Waals surface area contributed by atoms with Gasteiger partial charge < -0.3 is 24.1 Å². The molecular formula is C25H26N2O5. The van der Waals surface area contributed by atoms with Crippen LogP contribution in [0, 0.1) is 0 Å². The van der Waals surface area contributed by atoms with E-state index in [9.17, 15) is 9.59 Å². The van der Waals surface area contributed by atoms with Gasteiger partial charge in [0.25, 0.3) is 5.91 Å². The molecule has 2 amide bonds. The molecule has 2 heterocycles. The number of nitrogens with one attached hydrogen (secondary N) is 1. The number of carbonyl (C=O) groups excluding carboxylic acids is 2. The first kappa shape index (κ1) is 21.5. The van der Waals surface area contributed by atoms with Crippen LogP contribution >= 0.6 is 0 Å². The van der Waals surface area contributed by atoms with E-state index in [2.05, 4.69) is 5.32 Å². The Kier molecular flexibility index (Phi) is 6.44. The van der Waals surface area contributed by atoms with Crippen LogP contribution in [0.2, 0.25) is 0 Å². The Hall–Kier alpha value is -3.74. The number of ether oxygens (including phenoxy) is 2. The zero-order valence-electron chi connectivity index (χ0n) is 18.2. The van der Waals surface area contributed by atoms with Gasteiger partial charge in [0.05, 0.1) is 20.5 Å². The highest BCUT2D eigenvalue weighted by Gasteiger charge is 2.35. The van der Waals surface area contributed by atoms with Crippen LogP contribution in [0.5, 0.6) is 11.5 Å². The molecule has 4 rings (SSSR count). The average Bonchev–Trinajstić information content (AvgIpc) is 3.37. The van der Waals surface area contributed by atoms with Crippen molar-refractivity contribution in [3.05, 3.63) is 83.3 Å². The Morgan fingerprint density at radius 3 is 2.59 bits per heavy atom. The number of methoxy groups -OCH3 is 2. The van der Waals surface area contributed by atoms with E-state index in [0.717, 1.165) is 28.2 Å². The smallest absolute Gasteiger partial charge is 0.290 e. The summed E-state index contributed by atoms with van der Waals surface area (Å²) in [7, 11) is 3.22. The maximum atomic E-state index is 13.2. The van der Waals surface area contributed by atoms with Crippen molar-refractivity contribution in [2.75, 3.05) is 20.8 Å². The van der Waals surface area contributed by atoms with Crippen LogP contribution < -0.4 is 14.8 Å². The monoisotopic (exact) mass is 434 g/mol. The van der Waals surface area contributed by atoms with Crippen molar-refractivity contribution < 1.29 is 23.5 Å². The van der Waals surface area contributed by atoms with Crippen LogP contribution in [0.3, 0.4) is 0 Å². The van der Waals surface area contributed by atoms with Gasteiger partial charge in [-0.2, -0.15) is 0 Å². The summed E-state index contributed by atoms with van der Waals surface area (Å²) in [6.45, 7) is 0.765. The number of hydrogen-bond donors (Lipinski definition) is 1. The van der Waals surface area contributed by atoms with Gasteiger partial charge in [-0.25, -0.2) is 0 Å². The van der Waals surface area contributed by atoms with Crippen molar-refractivity contribution in [3.8, 4) is 11.5 Å². The lowest BCUT2D eigenvalue weighted by Gasteiger charge is -2.35. The van der Waals surface area contributed by atoms with Crippen LogP contribution in [-0.2, 0) is 24.2 Å². The molecule has 0 radical (unpaired) electrons. The van der Waals surface area contributed by atoms with Crippen molar-refractivity contribution in [1.82, 2.24) is 10.2 Å². The minimum atomic E-state index is -0.616. The SMILES string of the molecule is COc1ccc(OC)c(CCNC(=O)C2Cc3ccccc3CN2C(=O)c2ccco2)c1. The topological polar surface area (TPSA) is 81.0 Å². The fraction of sp³-hybridized carbons (Fsp3) is 0.280. The maximum absolute atomic E-state index is 13.2. The number of fused-ring (bicyclic) bond motifs is 1. The van der Waals surface area contributed by atoms with Crippen LogP contribution in [0.1, 0.15) is 27.2 Å². The molecule has 7 nitrogen and oxygen atoms in total. The van der Waals surface area contributed by atoms with E-state index in [0.29, 0.717) is 25.9 Å². The van der Waals surface area contributed by atoms with Gasteiger partial charge >= 0.3 is 0 Å². The average molecular weight is 434 g/mol. The molecule has 0 fully saturated rings. The highest BCUT2D eigenvalue weighted by molar-refractivity contribution is 5.96. The van der Waals surface area contributed by atoms with Crippen molar-refractivity contribution in [3.63, 3.8) is 0 Å². The largest absolute Gasteiger partial charge is 0.497 e. The van der Waals surface area contributed by atoms with Gasteiger partial charge in [-0.05, 0) is 53.4 Å². The van der Waals surface area contributed by atoms with E-state index < -0.39 is 6.04 Å². The summed E-state index contributed by atoms with van der Waals surface area (Å²) < 4.78 is 16.0. The van der Waals surface area contributed by atoms with Gasteiger partial charge in [0.15, 0.2) is 5.76 Å². The third kappa shape index (κ3) is 4.46. The van der Waals surface area contributed by atoms with Gasteiger partial charge in [-0.15, -0.1) is 0 Å². The number of rotatable bonds is 7. The second-order valence-corrected chi connectivity index (χ2v) is 7.62. The minimum Gasteiger partial charge on any atom is -0.497 e. The first-order valence-corrected chi connectivity index (χ1v) is 10.5. The third-order valence-electron chi connectivity index (χ3n) is 5.73. The second kappa shape index (κ2) is 9.60. The lowest BCUT2D eigenvalue weighted by molar-refractivity contribution is -0.126. The molecule has 7 heteroatoms. The molecule has 2 aromatic carbocycles. The summed E-state index contributed by atoms with van der Waals surface area (Å²) in [6, 6.07) is 16.1. The number of carbonyl (C=O) groups is 2. The van der Waals surface area contributed by atoms with E-state index in [4.69, 9.17) is 13.9 Å². The van der Waals surface area contributed by atoms with E-state index in [1.807, 2.05) is 42.5 Å². The number of amides is 2. The molecule has 1 N–H and O–H groups in total. The number of nitrogens with zero attached hydrogens (tertiary/aromatic N) is 1. The summed E-state index contributed by atoms with van der Waals surface area (Å²) in [5.74, 6) is 1.20. The highest BCUT2D eigenvalue weighted by Crippen LogP contribution is 2.26. The fourth-order valence-electron chi connectivity index (χ4n) is 4.03. The van der Waals surface area contributed by atoms with Gasteiger partial charge in [0.2, 0.25) is 5.91 Å². The molecule has 32 heavy (non-hydrogen) atoms. The molecule has 0 saturated heterocycles. The molecule has 1 atom stereocenters. The quantitative estimate of drug-likeness (QED) is 0.618. The Morgan fingerprint density at radius 1 is 1.06 bits per heavy atom. The van der Waals surface area contributed by atoms with E-state index in [1.54, 1.807) is 31.3 Å². The molecule has 1 aliphatic heterocycles. The van der Waals surface area contributed by atoms with E-state index >= 15 is 0 Å². The summed E-state index contributed by atoms with van der Waals surface area (Å²) >= 11 is 0. The molecule has 166 valence electrons. The predicted octanol–water partition coefficient (Wildman–Crippen LogP) is 3.22. The zero-order chi connectivity index (χ0) is 22.5. The molecule has 3 aromatic rings. The lowest BCUT2D eigenvalue weighted by Crippen LogP contribution is -2.52. The second-order valence-electron chi connectivity index (χ2n) is 7.62. The summed E-state index contributed by atoms with van der Waals surface area (Å²) in [5.41, 5.74) is 3.05. The number of furan rings is 1. The summed E-state index contributed by atoms with van der Waals surface area (Å²) in [4.78, 5) is 27.8. The maximum Gasteiger partial charge on any atom is 0.290 e. The van der Waals surface area contributed by atoms with Crippen LogP contribution in [0.25, 0.3) is 0 Å². The Bertz CT molecular complexity index is 1090. The van der Waals surface area contributed by atoms with Crippen molar-refractivity contribution in [1.29, 1.82) is 0 Å². The molecule has 0 spiro atoms. The van der Waals surface area contributed by atoms with Gasteiger partial charge in [-0.1, -0.05) is 24.3 Å². The van der Waals surface area contributed by atoms with E-state index in [-0.39, 0.29) is 17.6 Å². The molecule has 0 saturated carbocycles. The standard InChI is InChI=1S/C25H26N2O5/c1-30-20-9-10-22(31-2)18(14-20)11-12-26-24(28)21-15-17-6-3-4-7-19(17)16-27(21)25(29)23-8-5-13-32-23/h3-10,13-14,21H,11-12,15-16H2,1-2H3,(H,26,28). The third-order valence-corrected chi connectivity index (χ3v) is 5.73.